The van der Waals surface area contributed by atoms with Gasteiger partial charge in [-0.25, -0.2) is 0 Å². The molecule has 2 N–H and O–H groups in total. The Balaban J connectivity index is 1.27. The van der Waals surface area contributed by atoms with Gasteiger partial charge in [-0.05, 0) is 42.0 Å². The fourth-order valence-corrected chi connectivity index (χ4v) is 3.42. The Bertz CT molecular complexity index is 1100. The van der Waals surface area contributed by atoms with Gasteiger partial charge in [-0.2, -0.15) is 0 Å². The molecule has 0 unspecified atom stereocenters. The van der Waals surface area contributed by atoms with E-state index in [1.165, 1.54) is 12.8 Å². The lowest BCUT2D eigenvalue weighted by atomic mass is 10.1. The molecule has 1 aromatic heterocycles. The van der Waals surface area contributed by atoms with Crippen LogP contribution in [0.15, 0.2) is 82.7 Å². The standard InChI is InChI=1S/C26H30N4O2/c1-27-26(29-17-23-6-2-3-7-24(23)32-19-22-13-14-22)28-16-20-9-11-21(12-10-20)18-30-15-5-4-8-25(30)31/h2-12,15,22H,13-14,16-19H2,1H3,(H2,27,28,29). The molecule has 1 fully saturated rings. The van der Waals surface area contributed by atoms with Crippen molar-refractivity contribution in [2.75, 3.05) is 13.7 Å². The van der Waals surface area contributed by atoms with Crippen molar-refractivity contribution in [2.45, 2.75) is 32.5 Å². The van der Waals surface area contributed by atoms with E-state index in [2.05, 4.69) is 46.0 Å². The van der Waals surface area contributed by atoms with Crippen LogP contribution in [-0.2, 0) is 19.6 Å². The monoisotopic (exact) mass is 430 g/mol. The van der Waals surface area contributed by atoms with Crippen molar-refractivity contribution in [3.8, 4) is 5.75 Å². The minimum absolute atomic E-state index is 0.00706. The molecular formula is C26H30N4O2. The quantitative estimate of drug-likeness (QED) is 0.402. The van der Waals surface area contributed by atoms with Crippen LogP contribution in [-0.4, -0.2) is 24.2 Å². The molecule has 0 saturated heterocycles. The average molecular weight is 431 g/mol. The second kappa shape index (κ2) is 10.7. The summed E-state index contributed by atoms with van der Waals surface area (Å²) in [5.41, 5.74) is 3.36. The van der Waals surface area contributed by atoms with E-state index in [1.54, 1.807) is 23.7 Å². The highest BCUT2D eigenvalue weighted by Crippen LogP contribution is 2.30. The third-order valence-corrected chi connectivity index (χ3v) is 5.55. The van der Waals surface area contributed by atoms with E-state index >= 15 is 0 Å². The van der Waals surface area contributed by atoms with Gasteiger partial charge < -0.3 is 19.9 Å². The largest absolute Gasteiger partial charge is 0.493 e. The third kappa shape index (κ3) is 6.23. The van der Waals surface area contributed by atoms with Crippen LogP contribution in [0.1, 0.15) is 29.5 Å². The second-order valence-corrected chi connectivity index (χ2v) is 8.12. The van der Waals surface area contributed by atoms with E-state index in [0.717, 1.165) is 40.9 Å². The zero-order chi connectivity index (χ0) is 22.2. The van der Waals surface area contributed by atoms with Gasteiger partial charge in [-0.1, -0.05) is 48.5 Å². The topological polar surface area (TPSA) is 67.7 Å². The van der Waals surface area contributed by atoms with Gasteiger partial charge in [-0.15, -0.1) is 0 Å². The molecule has 1 aliphatic rings. The summed E-state index contributed by atoms with van der Waals surface area (Å²) in [7, 11) is 1.77. The van der Waals surface area contributed by atoms with E-state index in [1.807, 2.05) is 30.5 Å². The van der Waals surface area contributed by atoms with E-state index in [0.29, 0.717) is 19.6 Å². The van der Waals surface area contributed by atoms with E-state index in [-0.39, 0.29) is 5.56 Å². The number of para-hydroxylation sites is 1. The molecule has 0 aliphatic heterocycles. The van der Waals surface area contributed by atoms with Gasteiger partial charge in [0, 0.05) is 38.0 Å². The Morgan fingerprint density at radius 3 is 2.44 bits per heavy atom. The van der Waals surface area contributed by atoms with Gasteiger partial charge in [0.25, 0.3) is 5.56 Å². The molecule has 1 aliphatic carbocycles. The lowest BCUT2D eigenvalue weighted by molar-refractivity contribution is 0.296. The molecule has 166 valence electrons. The van der Waals surface area contributed by atoms with Crippen molar-refractivity contribution < 1.29 is 4.74 Å². The van der Waals surface area contributed by atoms with Gasteiger partial charge in [-0.3, -0.25) is 9.79 Å². The lowest BCUT2D eigenvalue weighted by Crippen LogP contribution is -2.36. The van der Waals surface area contributed by atoms with Crippen molar-refractivity contribution in [3.63, 3.8) is 0 Å². The van der Waals surface area contributed by atoms with E-state index in [4.69, 9.17) is 4.74 Å². The highest BCUT2D eigenvalue weighted by atomic mass is 16.5. The predicted octanol–water partition coefficient (Wildman–Crippen LogP) is 3.55. The van der Waals surface area contributed by atoms with Gasteiger partial charge in [0.15, 0.2) is 5.96 Å². The van der Waals surface area contributed by atoms with Crippen LogP contribution in [0.4, 0.5) is 0 Å². The molecule has 4 rings (SSSR count). The molecule has 6 heteroatoms. The first kappa shape index (κ1) is 21.7. The summed E-state index contributed by atoms with van der Waals surface area (Å²) in [6.45, 7) is 2.67. The zero-order valence-corrected chi connectivity index (χ0v) is 18.5. The van der Waals surface area contributed by atoms with Crippen molar-refractivity contribution in [1.29, 1.82) is 0 Å². The molecule has 1 heterocycles. The van der Waals surface area contributed by atoms with Crippen molar-refractivity contribution in [1.82, 2.24) is 15.2 Å². The highest BCUT2D eigenvalue weighted by Gasteiger charge is 2.22. The first-order chi connectivity index (χ1) is 15.7. The average Bonchev–Trinajstić information content (AvgIpc) is 3.65. The third-order valence-electron chi connectivity index (χ3n) is 5.55. The number of ether oxygens (including phenoxy) is 1. The van der Waals surface area contributed by atoms with Crippen LogP contribution in [0, 0.1) is 5.92 Å². The molecule has 2 aromatic carbocycles. The lowest BCUT2D eigenvalue weighted by Gasteiger charge is -2.15. The summed E-state index contributed by atoms with van der Waals surface area (Å²) in [6, 6.07) is 21.6. The smallest absolute Gasteiger partial charge is 0.250 e. The van der Waals surface area contributed by atoms with Crippen LogP contribution in [0.2, 0.25) is 0 Å². The number of nitrogens with zero attached hydrogens (tertiary/aromatic N) is 2. The Morgan fingerprint density at radius 1 is 0.969 bits per heavy atom. The van der Waals surface area contributed by atoms with Crippen molar-refractivity contribution >= 4 is 5.96 Å². The molecule has 0 amide bonds. The number of benzene rings is 2. The number of nitrogens with one attached hydrogen (secondary N) is 2. The first-order valence-electron chi connectivity index (χ1n) is 11.1. The van der Waals surface area contributed by atoms with Crippen molar-refractivity contribution in [3.05, 3.63) is 100.0 Å². The Hall–Kier alpha value is -3.54. The summed E-state index contributed by atoms with van der Waals surface area (Å²) in [5, 5.41) is 6.73. The first-order valence-corrected chi connectivity index (χ1v) is 11.1. The maximum Gasteiger partial charge on any atom is 0.250 e. The molecule has 6 nitrogen and oxygen atoms in total. The highest BCUT2D eigenvalue weighted by molar-refractivity contribution is 5.79. The normalized spacial score (nSPS) is 13.6. The minimum Gasteiger partial charge on any atom is -0.493 e. The van der Waals surface area contributed by atoms with Gasteiger partial charge in [0.2, 0.25) is 0 Å². The van der Waals surface area contributed by atoms with Crippen LogP contribution in [0.3, 0.4) is 0 Å². The van der Waals surface area contributed by atoms with E-state index in [9.17, 15) is 4.79 Å². The van der Waals surface area contributed by atoms with Crippen LogP contribution >= 0.6 is 0 Å². The van der Waals surface area contributed by atoms with E-state index < -0.39 is 0 Å². The number of aliphatic imine (C=N–C) groups is 1. The number of hydrogen-bond donors (Lipinski definition) is 2. The number of rotatable bonds is 9. The van der Waals surface area contributed by atoms with Gasteiger partial charge in [0.05, 0.1) is 13.2 Å². The number of aromatic nitrogens is 1. The Kier molecular flexibility index (Phi) is 7.23. The molecule has 0 bridgehead atoms. The summed E-state index contributed by atoms with van der Waals surface area (Å²) >= 11 is 0. The summed E-state index contributed by atoms with van der Waals surface area (Å²) in [5.74, 6) is 2.41. The molecule has 3 aromatic rings. The van der Waals surface area contributed by atoms with Crippen LogP contribution in [0.5, 0.6) is 5.75 Å². The number of hydrogen-bond acceptors (Lipinski definition) is 3. The van der Waals surface area contributed by atoms with Crippen LogP contribution < -0.4 is 20.9 Å². The van der Waals surface area contributed by atoms with Crippen LogP contribution in [0.25, 0.3) is 0 Å². The summed E-state index contributed by atoms with van der Waals surface area (Å²) in [6.07, 6.45) is 4.37. The molecule has 1 saturated carbocycles. The Labute approximate surface area is 189 Å². The maximum atomic E-state index is 11.9. The molecule has 0 radical (unpaired) electrons. The second-order valence-electron chi connectivity index (χ2n) is 8.12. The number of pyridine rings is 1. The number of guanidine groups is 1. The maximum absolute atomic E-state index is 11.9. The molecule has 0 atom stereocenters. The molecule has 0 spiro atoms. The summed E-state index contributed by atoms with van der Waals surface area (Å²) < 4.78 is 7.70. The molecular weight excluding hydrogens is 400 g/mol. The Morgan fingerprint density at radius 2 is 1.69 bits per heavy atom. The molecule has 32 heavy (non-hydrogen) atoms. The fraction of sp³-hybridized carbons (Fsp3) is 0.308. The van der Waals surface area contributed by atoms with Gasteiger partial charge in [0.1, 0.15) is 5.75 Å². The summed E-state index contributed by atoms with van der Waals surface area (Å²) in [4.78, 5) is 16.2. The predicted molar refractivity (Wildman–Crippen MR) is 128 cm³/mol. The SMILES string of the molecule is CN=C(NCc1ccc(Cn2ccccc2=O)cc1)NCc1ccccc1OCC1CC1. The van der Waals surface area contributed by atoms with Crippen molar-refractivity contribution in [2.24, 2.45) is 10.9 Å². The zero-order valence-electron chi connectivity index (χ0n) is 18.5. The fourth-order valence-electron chi connectivity index (χ4n) is 3.42. The minimum atomic E-state index is 0.00706. The van der Waals surface area contributed by atoms with Gasteiger partial charge >= 0.3 is 0 Å².